The van der Waals surface area contributed by atoms with Crippen molar-refractivity contribution < 1.29 is 9.90 Å². The van der Waals surface area contributed by atoms with Crippen LogP contribution in [-0.4, -0.2) is 21.3 Å². The van der Waals surface area contributed by atoms with E-state index in [1.54, 1.807) is 11.8 Å². The van der Waals surface area contributed by atoms with Gasteiger partial charge in [-0.1, -0.05) is 19.8 Å². The molecule has 1 aliphatic carbocycles. The summed E-state index contributed by atoms with van der Waals surface area (Å²) in [4.78, 5) is 15.3. The van der Waals surface area contributed by atoms with E-state index in [1.807, 2.05) is 0 Å². The lowest BCUT2D eigenvalue weighted by molar-refractivity contribution is 0.0692. The number of carboxylic acid groups (broad SMARTS) is 1. The maximum absolute atomic E-state index is 11.2. The van der Waals surface area contributed by atoms with Crippen molar-refractivity contribution in [3.05, 3.63) is 17.8 Å². The van der Waals surface area contributed by atoms with Crippen molar-refractivity contribution in [2.45, 2.75) is 42.9 Å². The van der Waals surface area contributed by atoms with Crippen molar-refractivity contribution >= 4 is 23.4 Å². The molecule has 0 radical (unpaired) electrons. The number of aromatic nitrogens is 1. The van der Waals surface area contributed by atoms with E-state index < -0.39 is 5.97 Å². The minimum atomic E-state index is -0.957. The highest BCUT2D eigenvalue weighted by atomic mass is 32.2. The predicted molar refractivity (Wildman–Crippen MR) is 72.9 cm³/mol. The maximum Gasteiger partial charge on any atom is 0.338 e. The molecule has 0 spiro atoms. The van der Waals surface area contributed by atoms with Crippen LogP contribution in [0.3, 0.4) is 0 Å². The fraction of sp³-hybridized carbons (Fsp3) is 0.538. The van der Waals surface area contributed by atoms with Crippen LogP contribution in [0, 0.1) is 5.92 Å². The third-order valence-corrected chi connectivity index (χ3v) is 4.58. The van der Waals surface area contributed by atoms with Crippen molar-refractivity contribution in [3.8, 4) is 0 Å². The fourth-order valence-corrected chi connectivity index (χ4v) is 3.77. The first kappa shape index (κ1) is 13.2. The van der Waals surface area contributed by atoms with E-state index in [2.05, 4.69) is 11.9 Å². The van der Waals surface area contributed by atoms with Crippen LogP contribution in [0.2, 0.25) is 0 Å². The Morgan fingerprint density at radius 3 is 3.00 bits per heavy atom. The molecule has 3 N–H and O–H groups in total. The van der Waals surface area contributed by atoms with E-state index in [1.165, 1.54) is 25.1 Å². The van der Waals surface area contributed by atoms with Crippen LogP contribution in [-0.2, 0) is 0 Å². The highest BCUT2D eigenvalue weighted by Gasteiger charge is 2.22. The van der Waals surface area contributed by atoms with Gasteiger partial charge in [0.2, 0.25) is 0 Å². The van der Waals surface area contributed by atoms with Crippen LogP contribution in [0.1, 0.15) is 43.0 Å². The highest BCUT2D eigenvalue weighted by molar-refractivity contribution is 7.99. The predicted octanol–water partition coefficient (Wildman–Crippen LogP) is 3.03. The number of carboxylic acids is 1. The number of aromatic carboxylic acids is 1. The Bertz CT molecular complexity index is 451. The number of rotatable bonds is 3. The minimum absolute atomic E-state index is 0.221. The molecule has 98 valence electrons. The first-order valence-electron chi connectivity index (χ1n) is 6.21. The molecular weight excluding hydrogens is 248 g/mol. The van der Waals surface area contributed by atoms with Gasteiger partial charge in [-0.2, -0.15) is 0 Å². The summed E-state index contributed by atoms with van der Waals surface area (Å²) in [7, 11) is 0. The topological polar surface area (TPSA) is 76.2 Å². The molecule has 18 heavy (non-hydrogen) atoms. The first-order chi connectivity index (χ1) is 8.56. The molecule has 0 bridgehead atoms. The number of hydrogen-bond donors (Lipinski definition) is 2. The summed E-state index contributed by atoms with van der Waals surface area (Å²) in [6, 6.07) is 1.49. The normalized spacial score (nSPS) is 23.8. The average Bonchev–Trinajstić information content (AvgIpc) is 2.31. The molecule has 1 saturated carbocycles. The monoisotopic (exact) mass is 266 g/mol. The Morgan fingerprint density at radius 2 is 2.33 bits per heavy atom. The van der Waals surface area contributed by atoms with E-state index >= 15 is 0 Å². The van der Waals surface area contributed by atoms with Gasteiger partial charge in [-0.15, -0.1) is 11.8 Å². The van der Waals surface area contributed by atoms with Crippen LogP contribution in [0.5, 0.6) is 0 Å². The average molecular weight is 266 g/mol. The first-order valence-corrected chi connectivity index (χ1v) is 7.09. The molecule has 0 saturated heterocycles. The number of carbonyl (C=O) groups is 1. The highest BCUT2D eigenvalue weighted by Crippen LogP contribution is 2.36. The number of anilines is 1. The van der Waals surface area contributed by atoms with Gasteiger partial charge in [-0.05, 0) is 24.8 Å². The van der Waals surface area contributed by atoms with E-state index in [-0.39, 0.29) is 5.56 Å². The van der Waals surface area contributed by atoms with Gasteiger partial charge < -0.3 is 10.8 Å². The van der Waals surface area contributed by atoms with Crippen molar-refractivity contribution in [3.63, 3.8) is 0 Å². The second-order valence-corrected chi connectivity index (χ2v) is 6.23. The van der Waals surface area contributed by atoms with Crippen molar-refractivity contribution in [1.82, 2.24) is 4.98 Å². The number of nitrogen functional groups attached to an aromatic ring is 1. The summed E-state index contributed by atoms with van der Waals surface area (Å²) in [6.07, 6.45) is 6.30. The lowest BCUT2D eigenvalue weighted by Gasteiger charge is -2.26. The molecule has 1 aromatic rings. The summed E-state index contributed by atoms with van der Waals surface area (Å²) in [5.74, 6) is -0.237. The molecule has 2 unspecified atom stereocenters. The van der Waals surface area contributed by atoms with Gasteiger partial charge in [0, 0.05) is 5.25 Å². The van der Waals surface area contributed by atoms with Gasteiger partial charge in [0.25, 0.3) is 0 Å². The largest absolute Gasteiger partial charge is 0.478 e. The van der Waals surface area contributed by atoms with Crippen molar-refractivity contribution in [2.75, 3.05) is 5.73 Å². The standard InChI is InChI=1S/C13H18N2O2S/c1-8-3-2-4-10(5-8)18-12-11(13(16)17)6-9(14)7-15-12/h6-8,10H,2-5,14H2,1H3,(H,16,17). The van der Waals surface area contributed by atoms with Crippen LogP contribution in [0.15, 0.2) is 17.3 Å². The molecule has 0 amide bonds. The van der Waals surface area contributed by atoms with Gasteiger partial charge in [-0.3, -0.25) is 0 Å². The maximum atomic E-state index is 11.2. The zero-order chi connectivity index (χ0) is 13.1. The van der Waals surface area contributed by atoms with Gasteiger partial charge >= 0.3 is 5.97 Å². The van der Waals surface area contributed by atoms with Crippen LogP contribution < -0.4 is 5.73 Å². The zero-order valence-corrected chi connectivity index (χ0v) is 11.2. The lowest BCUT2D eigenvalue weighted by atomic mass is 9.91. The van der Waals surface area contributed by atoms with Crippen LogP contribution >= 0.6 is 11.8 Å². The Labute approximate surface area is 111 Å². The van der Waals surface area contributed by atoms with E-state index in [0.29, 0.717) is 16.0 Å². The summed E-state index contributed by atoms with van der Waals surface area (Å²) in [5, 5.41) is 10.2. The number of nitrogens with zero attached hydrogens (tertiary/aromatic N) is 1. The molecule has 5 heteroatoms. The van der Waals surface area contributed by atoms with Crippen LogP contribution in [0.25, 0.3) is 0 Å². The molecule has 0 aliphatic heterocycles. The molecule has 0 aromatic carbocycles. The Balaban J connectivity index is 2.15. The number of nitrogens with two attached hydrogens (primary N) is 1. The summed E-state index contributed by atoms with van der Waals surface area (Å²) < 4.78 is 0. The van der Waals surface area contributed by atoms with Gasteiger partial charge in [0.1, 0.15) is 5.03 Å². The second-order valence-electron chi connectivity index (χ2n) is 4.94. The number of hydrogen-bond acceptors (Lipinski definition) is 4. The van der Waals surface area contributed by atoms with Crippen LogP contribution in [0.4, 0.5) is 5.69 Å². The molecule has 2 rings (SSSR count). The van der Waals surface area contributed by atoms with Crippen molar-refractivity contribution in [2.24, 2.45) is 5.92 Å². The minimum Gasteiger partial charge on any atom is -0.478 e. The number of pyridine rings is 1. The third-order valence-electron chi connectivity index (χ3n) is 3.27. The van der Waals surface area contributed by atoms with Crippen molar-refractivity contribution in [1.29, 1.82) is 0 Å². The Morgan fingerprint density at radius 1 is 1.56 bits per heavy atom. The van der Waals surface area contributed by atoms with Gasteiger partial charge in [0.05, 0.1) is 17.4 Å². The van der Waals surface area contributed by atoms with Gasteiger partial charge in [0.15, 0.2) is 0 Å². The summed E-state index contributed by atoms with van der Waals surface area (Å²) in [5.41, 5.74) is 6.20. The summed E-state index contributed by atoms with van der Waals surface area (Å²) in [6.45, 7) is 2.25. The molecule has 1 aliphatic rings. The molecule has 4 nitrogen and oxygen atoms in total. The Hall–Kier alpha value is -1.23. The van der Waals surface area contributed by atoms with E-state index in [0.717, 1.165) is 18.8 Å². The zero-order valence-electron chi connectivity index (χ0n) is 10.4. The SMILES string of the molecule is CC1CCCC(Sc2ncc(N)cc2C(=O)O)C1. The lowest BCUT2D eigenvalue weighted by Crippen LogP contribution is -2.16. The molecule has 1 heterocycles. The van der Waals surface area contributed by atoms with E-state index in [9.17, 15) is 4.79 Å². The molecular formula is C13H18N2O2S. The summed E-state index contributed by atoms with van der Waals surface area (Å²) >= 11 is 1.58. The molecule has 2 atom stereocenters. The fourth-order valence-electron chi connectivity index (χ4n) is 2.36. The quantitative estimate of drug-likeness (QED) is 0.879. The van der Waals surface area contributed by atoms with E-state index in [4.69, 9.17) is 10.8 Å². The molecule has 1 fully saturated rings. The second kappa shape index (κ2) is 5.61. The van der Waals surface area contributed by atoms with Gasteiger partial charge in [-0.25, -0.2) is 9.78 Å². The third kappa shape index (κ3) is 3.16. The Kier molecular flexibility index (Phi) is 4.11. The number of thioether (sulfide) groups is 1. The smallest absolute Gasteiger partial charge is 0.338 e. The molecule has 1 aromatic heterocycles.